The zero-order chi connectivity index (χ0) is 10.7. The van der Waals surface area contributed by atoms with Gasteiger partial charge in [-0.3, -0.25) is 9.69 Å². The second kappa shape index (κ2) is 4.39. The van der Waals surface area contributed by atoms with E-state index >= 15 is 0 Å². The Morgan fingerprint density at radius 3 is 2.71 bits per heavy atom. The highest BCUT2D eigenvalue weighted by Gasteiger charge is 2.22. The largest absolute Gasteiger partial charge is 0.480 e. The highest BCUT2D eigenvalue weighted by Crippen LogP contribution is 2.05. The zero-order valence-corrected chi connectivity index (χ0v) is 8.78. The van der Waals surface area contributed by atoms with E-state index in [0.717, 1.165) is 0 Å². The average Bonchev–Trinajstić information content (AvgIpc) is 2.46. The van der Waals surface area contributed by atoms with E-state index in [0.29, 0.717) is 12.1 Å². The predicted molar refractivity (Wildman–Crippen MR) is 58.3 cm³/mol. The van der Waals surface area contributed by atoms with Crippen LogP contribution < -0.4 is 0 Å². The molecular formula is C8H11N3O2S. The van der Waals surface area contributed by atoms with Gasteiger partial charge in [0.2, 0.25) is 5.11 Å². The van der Waals surface area contributed by atoms with Crippen molar-refractivity contribution in [3.8, 4) is 0 Å². The molecule has 0 radical (unpaired) electrons. The molecule has 0 fully saturated rings. The first-order valence-electron chi connectivity index (χ1n) is 4.05. The van der Waals surface area contributed by atoms with Gasteiger partial charge in [0, 0.05) is 6.42 Å². The van der Waals surface area contributed by atoms with Gasteiger partial charge >= 0.3 is 5.97 Å². The minimum atomic E-state index is -0.871. The number of hydrogen-bond donors (Lipinski definition) is 1. The summed E-state index contributed by atoms with van der Waals surface area (Å²) in [5.41, 5.74) is 0.621. The zero-order valence-electron chi connectivity index (χ0n) is 7.97. The highest BCUT2D eigenvalue weighted by molar-refractivity contribution is 7.80. The molecule has 0 aliphatic carbocycles. The Morgan fingerprint density at radius 2 is 2.36 bits per heavy atom. The first-order chi connectivity index (χ1) is 6.50. The Labute approximate surface area is 87.2 Å². The maximum absolute atomic E-state index is 10.8. The number of thiocarbonyl (C=S) groups is 1. The van der Waals surface area contributed by atoms with Crippen molar-refractivity contribution in [1.82, 2.24) is 4.90 Å². The van der Waals surface area contributed by atoms with Crippen LogP contribution in [-0.4, -0.2) is 53.2 Å². The van der Waals surface area contributed by atoms with E-state index in [1.165, 1.54) is 6.21 Å². The fourth-order valence-corrected chi connectivity index (χ4v) is 1.27. The van der Waals surface area contributed by atoms with Crippen LogP contribution >= 0.6 is 12.2 Å². The summed E-state index contributed by atoms with van der Waals surface area (Å²) in [6, 6.07) is -0.582. The molecule has 1 heterocycles. The van der Waals surface area contributed by atoms with Gasteiger partial charge in [-0.05, 0) is 26.3 Å². The second-order valence-corrected chi connectivity index (χ2v) is 3.53. The van der Waals surface area contributed by atoms with E-state index in [2.05, 4.69) is 9.98 Å². The Hall–Kier alpha value is -1.14. The molecule has 1 atom stereocenters. The van der Waals surface area contributed by atoms with Crippen LogP contribution in [0.1, 0.15) is 6.42 Å². The van der Waals surface area contributed by atoms with Crippen LogP contribution in [0.2, 0.25) is 0 Å². The normalized spacial score (nSPS) is 17.4. The van der Waals surface area contributed by atoms with Gasteiger partial charge < -0.3 is 5.11 Å². The molecule has 0 bridgehead atoms. The van der Waals surface area contributed by atoms with Crippen LogP contribution in [0.5, 0.6) is 0 Å². The molecule has 0 amide bonds. The van der Waals surface area contributed by atoms with E-state index in [1.807, 2.05) is 0 Å². The average molecular weight is 213 g/mol. The lowest BCUT2D eigenvalue weighted by molar-refractivity contribution is -0.141. The van der Waals surface area contributed by atoms with Crippen molar-refractivity contribution in [3.05, 3.63) is 0 Å². The molecule has 76 valence electrons. The van der Waals surface area contributed by atoms with Gasteiger partial charge in [-0.2, -0.15) is 0 Å². The lowest BCUT2D eigenvalue weighted by Gasteiger charge is -2.18. The van der Waals surface area contributed by atoms with Crippen LogP contribution in [0.4, 0.5) is 0 Å². The predicted octanol–water partition coefficient (Wildman–Crippen LogP) is 0.202. The molecule has 0 saturated heterocycles. The number of nitrogens with zero attached hydrogens (tertiary/aromatic N) is 3. The summed E-state index contributed by atoms with van der Waals surface area (Å²) in [5, 5.41) is 9.16. The smallest absolute Gasteiger partial charge is 0.321 e. The Morgan fingerprint density at radius 1 is 1.71 bits per heavy atom. The van der Waals surface area contributed by atoms with Gasteiger partial charge in [0.05, 0.1) is 11.9 Å². The summed E-state index contributed by atoms with van der Waals surface area (Å²) >= 11 is 4.73. The molecular weight excluding hydrogens is 202 g/mol. The first-order valence-corrected chi connectivity index (χ1v) is 4.46. The van der Waals surface area contributed by atoms with E-state index in [4.69, 9.17) is 17.3 Å². The molecule has 1 aliphatic heterocycles. The molecule has 1 rings (SSSR count). The number of aliphatic imine (C=N–C) groups is 2. The fourth-order valence-electron chi connectivity index (χ4n) is 1.10. The summed E-state index contributed by atoms with van der Waals surface area (Å²) in [7, 11) is 3.42. The molecule has 0 aromatic heterocycles. The van der Waals surface area contributed by atoms with Crippen molar-refractivity contribution in [2.75, 3.05) is 14.1 Å². The minimum absolute atomic E-state index is 0.267. The molecule has 1 aliphatic rings. The van der Waals surface area contributed by atoms with Gasteiger partial charge in [-0.25, -0.2) is 9.98 Å². The fraction of sp³-hybridized carbons (Fsp3) is 0.500. The van der Waals surface area contributed by atoms with Crippen molar-refractivity contribution in [2.45, 2.75) is 12.5 Å². The number of carboxylic acid groups (broad SMARTS) is 1. The van der Waals surface area contributed by atoms with Gasteiger partial charge in [0.15, 0.2) is 0 Å². The molecule has 5 nitrogen and oxygen atoms in total. The first kappa shape index (κ1) is 10.9. The second-order valence-electron chi connectivity index (χ2n) is 3.17. The van der Waals surface area contributed by atoms with Gasteiger partial charge in [0.25, 0.3) is 0 Å². The summed E-state index contributed by atoms with van der Waals surface area (Å²) in [5.74, 6) is -0.871. The van der Waals surface area contributed by atoms with Gasteiger partial charge in [-0.15, -0.1) is 0 Å². The third-order valence-electron chi connectivity index (χ3n) is 1.87. The molecule has 0 saturated carbocycles. The van der Waals surface area contributed by atoms with Crippen LogP contribution in [-0.2, 0) is 4.79 Å². The van der Waals surface area contributed by atoms with Crippen LogP contribution in [0, 0.1) is 0 Å². The molecule has 6 heteroatoms. The minimum Gasteiger partial charge on any atom is -0.480 e. The van der Waals surface area contributed by atoms with Crippen LogP contribution in [0.3, 0.4) is 0 Å². The Bertz CT molecular complexity index is 323. The number of aliphatic carboxylic acids is 1. The SMILES string of the molecule is CN(C)[C@@H](CC1=NC(=S)N=C1)C(=O)O. The summed E-state index contributed by atoms with van der Waals surface area (Å²) < 4.78 is 0. The van der Waals surface area contributed by atoms with Crippen molar-refractivity contribution >= 4 is 35.2 Å². The topological polar surface area (TPSA) is 65.3 Å². The number of likely N-dealkylation sites (N-methyl/N-ethyl adjacent to an activating group) is 1. The molecule has 14 heavy (non-hydrogen) atoms. The number of carbonyl (C=O) groups is 1. The number of carboxylic acids is 1. The molecule has 1 N–H and O–H groups in total. The van der Waals surface area contributed by atoms with E-state index in [1.54, 1.807) is 19.0 Å². The third-order valence-corrected chi connectivity index (χ3v) is 2.07. The molecule has 0 aromatic carbocycles. The summed E-state index contributed by atoms with van der Waals surface area (Å²) in [6.45, 7) is 0. The molecule has 0 unspecified atom stereocenters. The number of hydrogen-bond acceptors (Lipinski definition) is 3. The van der Waals surface area contributed by atoms with E-state index in [9.17, 15) is 4.79 Å². The number of rotatable bonds is 4. The summed E-state index contributed by atoms with van der Waals surface area (Å²) in [6.07, 6.45) is 1.84. The maximum atomic E-state index is 10.8. The Kier molecular flexibility index (Phi) is 3.43. The van der Waals surface area contributed by atoms with E-state index < -0.39 is 12.0 Å². The van der Waals surface area contributed by atoms with Gasteiger partial charge in [0.1, 0.15) is 6.04 Å². The van der Waals surface area contributed by atoms with Crippen molar-refractivity contribution in [1.29, 1.82) is 0 Å². The lowest BCUT2D eigenvalue weighted by atomic mass is 10.1. The summed E-state index contributed by atoms with van der Waals surface area (Å²) in [4.78, 5) is 20.2. The van der Waals surface area contributed by atoms with Crippen LogP contribution in [0.15, 0.2) is 9.98 Å². The highest BCUT2D eigenvalue weighted by atomic mass is 32.1. The van der Waals surface area contributed by atoms with Crippen molar-refractivity contribution in [2.24, 2.45) is 9.98 Å². The van der Waals surface area contributed by atoms with Crippen LogP contribution in [0.25, 0.3) is 0 Å². The lowest BCUT2D eigenvalue weighted by Crippen LogP contribution is -2.37. The van der Waals surface area contributed by atoms with Gasteiger partial charge in [-0.1, -0.05) is 0 Å². The quantitative estimate of drug-likeness (QED) is 0.678. The Balaban J connectivity index is 2.66. The van der Waals surface area contributed by atoms with E-state index in [-0.39, 0.29) is 5.11 Å². The monoisotopic (exact) mass is 213 g/mol. The standard InChI is InChI=1S/C8H11N3O2S/c1-11(2)6(7(12)13)3-5-4-9-8(14)10-5/h4,6H,3H2,1-2H3,(H,12,13)/t6-/m0/s1. The van der Waals surface area contributed by atoms with Crippen molar-refractivity contribution in [3.63, 3.8) is 0 Å². The molecule has 0 aromatic rings. The van der Waals surface area contributed by atoms with Crippen molar-refractivity contribution < 1.29 is 9.90 Å². The third kappa shape index (κ3) is 2.68. The maximum Gasteiger partial charge on any atom is 0.321 e. The molecule has 0 spiro atoms.